The van der Waals surface area contributed by atoms with Crippen molar-refractivity contribution in [3.05, 3.63) is 70.7 Å². The molecule has 7 nitrogen and oxygen atoms in total. The van der Waals surface area contributed by atoms with Crippen LogP contribution in [0.25, 0.3) is 6.08 Å². The quantitative estimate of drug-likeness (QED) is 0.449. The molecule has 0 amide bonds. The Bertz CT molecular complexity index is 1200. The fraction of sp³-hybridized carbons (Fsp3) is 0.333. The first-order chi connectivity index (χ1) is 16.3. The Morgan fingerprint density at radius 1 is 1.21 bits per heavy atom. The third-order valence-electron chi connectivity index (χ3n) is 6.26. The molecular weight excluding hydrogens is 432 g/mol. The van der Waals surface area contributed by atoms with Crippen molar-refractivity contribution in [3.8, 4) is 11.5 Å². The molecule has 0 aliphatic carbocycles. The van der Waals surface area contributed by atoms with Crippen molar-refractivity contribution in [2.24, 2.45) is 10.9 Å². The maximum absolute atomic E-state index is 12.6. The van der Waals surface area contributed by atoms with E-state index >= 15 is 0 Å². The molecule has 0 saturated heterocycles. The fourth-order valence-corrected chi connectivity index (χ4v) is 4.00. The molecule has 2 unspecified atom stereocenters. The van der Waals surface area contributed by atoms with Gasteiger partial charge in [-0.1, -0.05) is 12.2 Å². The average Bonchev–Trinajstić information content (AvgIpc) is 2.86. The lowest BCUT2D eigenvalue weighted by Crippen LogP contribution is -2.35. The van der Waals surface area contributed by atoms with Gasteiger partial charge in [-0.25, -0.2) is 4.79 Å². The van der Waals surface area contributed by atoms with Gasteiger partial charge in [0, 0.05) is 42.4 Å². The molecule has 0 spiro atoms. The Morgan fingerprint density at radius 3 is 2.74 bits per heavy atom. The predicted molar refractivity (Wildman–Crippen MR) is 129 cm³/mol. The second-order valence-corrected chi connectivity index (χ2v) is 8.77. The molecule has 34 heavy (non-hydrogen) atoms. The minimum Gasteiger partial charge on any atom is -0.482 e. The van der Waals surface area contributed by atoms with Crippen LogP contribution < -0.4 is 9.47 Å². The minimum atomic E-state index is -0.634. The van der Waals surface area contributed by atoms with Gasteiger partial charge in [0.1, 0.15) is 17.1 Å². The van der Waals surface area contributed by atoms with Gasteiger partial charge in [0.25, 0.3) is 0 Å². The first-order valence-electron chi connectivity index (χ1n) is 11.3. The summed E-state index contributed by atoms with van der Waals surface area (Å²) in [6.07, 6.45) is 13.3. The van der Waals surface area contributed by atoms with E-state index in [1.807, 2.05) is 45.9 Å². The van der Waals surface area contributed by atoms with E-state index in [4.69, 9.17) is 14.2 Å². The van der Waals surface area contributed by atoms with E-state index in [2.05, 4.69) is 9.98 Å². The third kappa shape index (κ3) is 4.78. The summed E-state index contributed by atoms with van der Waals surface area (Å²) < 4.78 is 17.7. The van der Waals surface area contributed by atoms with Crippen molar-refractivity contribution in [3.63, 3.8) is 0 Å². The summed E-state index contributed by atoms with van der Waals surface area (Å²) in [7, 11) is 0. The Morgan fingerprint density at radius 2 is 2.03 bits per heavy atom. The molecular formula is C27H28N2O5. The molecule has 176 valence electrons. The number of rotatable bonds is 6. The van der Waals surface area contributed by atoms with Crippen LogP contribution in [-0.2, 0) is 9.53 Å². The number of fused-ring (bicyclic) bond motifs is 1. The molecule has 2 aliphatic rings. The van der Waals surface area contributed by atoms with Crippen LogP contribution in [-0.4, -0.2) is 35.3 Å². The summed E-state index contributed by atoms with van der Waals surface area (Å²) in [6.45, 7) is 7.97. The summed E-state index contributed by atoms with van der Waals surface area (Å²) in [6, 6.07) is 3.37. The van der Waals surface area contributed by atoms with Crippen molar-refractivity contribution < 1.29 is 23.8 Å². The number of aromatic nitrogens is 1. The number of nitrogens with zero attached hydrogens (tertiary/aromatic N) is 2. The largest absolute Gasteiger partial charge is 0.482 e. The van der Waals surface area contributed by atoms with Gasteiger partial charge in [-0.3, -0.25) is 14.8 Å². The highest BCUT2D eigenvalue weighted by atomic mass is 16.5. The van der Waals surface area contributed by atoms with E-state index in [1.54, 1.807) is 30.7 Å². The molecule has 7 heteroatoms. The minimum absolute atomic E-state index is 0.237. The molecule has 0 bridgehead atoms. The second-order valence-electron chi connectivity index (χ2n) is 8.77. The van der Waals surface area contributed by atoms with Gasteiger partial charge < -0.3 is 14.2 Å². The van der Waals surface area contributed by atoms with Gasteiger partial charge in [-0.2, -0.15) is 0 Å². The van der Waals surface area contributed by atoms with E-state index in [1.165, 1.54) is 6.20 Å². The van der Waals surface area contributed by atoms with E-state index in [9.17, 15) is 9.59 Å². The molecule has 0 radical (unpaired) electrons. The van der Waals surface area contributed by atoms with E-state index in [0.717, 1.165) is 28.0 Å². The van der Waals surface area contributed by atoms with Crippen LogP contribution in [0.2, 0.25) is 0 Å². The van der Waals surface area contributed by atoms with Crippen LogP contribution in [0.5, 0.6) is 11.5 Å². The zero-order valence-electron chi connectivity index (χ0n) is 19.8. The maximum Gasteiger partial charge on any atom is 0.345 e. The Kier molecular flexibility index (Phi) is 6.63. The number of pyridine rings is 1. The lowest BCUT2D eigenvalue weighted by Gasteiger charge is -2.34. The monoisotopic (exact) mass is 460 g/mol. The number of carbonyl (C=O) groups is 2. The van der Waals surface area contributed by atoms with Crippen LogP contribution in [0.3, 0.4) is 0 Å². The SMILES string of the molecule is Cc1c(C)c2c(c(C)c1OC(=O)c1cccnc1)C=CC(C)(CCOC(=O)C1C=NC=CC1)O2. The average molecular weight is 461 g/mol. The summed E-state index contributed by atoms with van der Waals surface area (Å²) >= 11 is 0. The molecule has 1 aromatic heterocycles. The number of benzene rings is 1. The van der Waals surface area contributed by atoms with Crippen molar-refractivity contribution in [2.45, 2.75) is 46.1 Å². The number of ether oxygens (including phenoxy) is 3. The number of esters is 2. The van der Waals surface area contributed by atoms with Gasteiger partial charge in [0.15, 0.2) is 0 Å². The number of hydrogen-bond acceptors (Lipinski definition) is 7. The first kappa shape index (κ1) is 23.4. The highest BCUT2D eigenvalue weighted by Gasteiger charge is 2.32. The zero-order chi connectivity index (χ0) is 24.3. The normalized spacial score (nSPS) is 20.4. The standard InChI is InChI=1S/C27H28N2O5/c1-17-18(2)24-22(19(3)23(17)33-26(31)21-8-6-13-29-16-21)9-10-27(4,34-24)11-14-32-25(30)20-7-5-12-28-15-20/h5-6,8-10,12-13,15-16,20H,7,11,14H2,1-4H3. The van der Waals surface area contributed by atoms with Gasteiger partial charge in [0.05, 0.1) is 18.1 Å². The van der Waals surface area contributed by atoms with E-state index in [0.29, 0.717) is 24.2 Å². The summed E-state index contributed by atoms with van der Waals surface area (Å²) in [5.41, 5.74) is 3.18. The number of carbonyl (C=O) groups excluding carboxylic acids is 2. The van der Waals surface area contributed by atoms with Gasteiger partial charge in [0.2, 0.25) is 0 Å². The fourth-order valence-electron chi connectivity index (χ4n) is 4.00. The molecule has 4 rings (SSSR count). The molecule has 2 aromatic rings. The first-order valence-corrected chi connectivity index (χ1v) is 11.3. The second kappa shape index (κ2) is 9.63. The van der Waals surface area contributed by atoms with Crippen molar-refractivity contribution in [1.82, 2.24) is 4.98 Å². The molecule has 0 fully saturated rings. The van der Waals surface area contributed by atoms with E-state index in [-0.39, 0.29) is 18.5 Å². The van der Waals surface area contributed by atoms with Crippen LogP contribution in [0.1, 0.15) is 52.4 Å². The van der Waals surface area contributed by atoms with Crippen LogP contribution in [0, 0.1) is 26.7 Å². The topological polar surface area (TPSA) is 87.1 Å². The van der Waals surface area contributed by atoms with Crippen molar-refractivity contribution in [2.75, 3.05) is 6.61 Å². The maximum atomic E-state index is 12.6. The molecule has 3 heterocycles. The van der Waals surface area contributed by atoms with Gasteiger partial charge in [-0.05, 0) is 63.5 Å². The number of aliphatic imine (C=N–C) groups is 1. The predicted octanol–water partition coefficient (Wildman–Crippen LogP) is 4.93. The number of allylic oxidation sites excluding steroid dienone is 1. The van der Waals surface area contributed by atoms with Crippen LogP contribution in [0.4, 0.5) is 0 Å². The molecule has 1 aromatic carbocycles. The van der Waals surface area contributed by atoms with Gasteiger partial charge in [-0.15, -0.1) is 0 Å². The van der Waals surface area contributed by atoms with Crippen LogP contribution in [0.15, 0.2) is 47.9 Å². The molecule has 0 saturated carbocycles. The van der Waals surface area contributed by atoms with Crippen LogP contribution >= 0.6 is 0 Å². The van der Waals surface area contributed by atoms with Crippen molar-refractivity contribution in [1.29, 1.82) is 0 Å². The smallest absolute Gasteiger partial charge is 0.345 e. The van der Waals surface area contributed by atoms with Crippen molar-refractivity contribution >= 4 is 24.2 Å². The summed E-state index contributed by atoms with van der Waals surface area (Å²) in [4.78, 5) is 32.9. The Hall–Kier alpha value is -3.74. The van der Waals surface area contributed by atoms with E-state index < -0.39 is 11.6 Å². The highest BCUT2D eigenvalue weighted by Crippen LogP contribution is 2.43. The molecule has 2 aliphatic heterocycles. The number of hydrogen-bond donors (Lipinski definition) is 0. The molecule has 2 atom stereocenters. The summed E-state index contributed by atoms with van der Waals surface area (Å²) in [5, 5.41) is 0. The zero-order valence-corrected chi connectivity index (χ0v) is 19.8. The lowest BCUT2D eigenvalue weighted by molar-refractivity contribution is -0.146. The molecule has 0 N–H and O–H groups in total. The lowest BCUT2D eigenvalue weighted by atomic mass is 9.91. The highest BCUT2D eigenvalue weighted by molar-refractivity contribution is 5.91. The third-order valence-corrected chi connectivity index (χ3v) is 6.26. The van der Waals surface area contributed by atoms with Gasteiger partial charge >= 0.3 is 11.9 Å². The Labute approximate surface area is 199 Å². The summed E-state index contributed by atoms with van der Waals surface area (Å²) in [5.74, 6) is 0.210. The Balaban J connectivity index is 1.48.